The molecule has 0 saturated carbocycles. The Balaban J connectivity index is 2.95. The molecule has 0 aromatic carbocycles. The lowest BCUT2D eigenvalue weighted by Crippen LogP contribution is -1.79. The lowest BCUT2D eigenvalue weighted by molar-refractivity contribution is 0.592. The molecule has 0 aliphatic rings. The minimum atomic E-state index is 1.20. The molecule has 0 atom stereocenters. The maximum Gasteiger partial charge on any atom is 0.0113 e. The molecule has 0 aromatic heterocycles. The van der Waals surface area contributed by atoms with Crippen molar-refractivity contribution in [1.29, 1.82) is 0 Å². The zero-order chi connectivity index (χ0) is 11.2. The lowest BCUT2D eigenvalue weighted by atomic mass is 10.1. The van der Waals surface area contributed by atoms with Crippen molar-refractivity contribution in [1.82, 2.24) is 0 Å². The number of thioether (sulfide) groups is 1. The van der Waals surface area contributed by atoms with Crippen molar-refractivity contribution in [2.24, 2.45) is 0 Å². The largest absolute Gasteiger partial charge is 0.158 e. The van der Waals surface area contributed by atoms with Gasteiger partial charge in [0.1, 0.15) is 0 Å². The number of unbranched alkanes of at least 4 members (excludes halogenated alkanes) is 7. The van der Waals surface area contributed by atoms with Crippen molar-refractivity contribution < 1.29 is 0 Å². The van der Waals surface area contributed by atoms with Crippen LogP contribution >= 0.6 is 11.8 Å². The Morgan fingerprint density at radius 3 is 2.13 bits per heavy atom. The van der Waals surface area contributed by atoms with E-state index >= 15 is 0 Å². The number of rotatable bonds is 11. The highest BCUT2D eigenvalue weighted by Crippen LogP contribution is 2.08. The molecule has 0 fully saturated rings. The topological polar surface area (TPSA) is 0 Å². The standard InChI is InChI=1S/C14H28S/c1-3-5-6-7-8-9-10-11-12-13-14-15-4-2/h12-13H,3-11,14H2,1-2H3. The van der Waals surface area contributed by atoms with E-state index in [0.29, 0.717) is 0 Å². The van der Waals surface area contributed by atoms with Crippen LogP contribution in [0.3, 0.4) is 0 Å². The van der Waals surface area contributed by atoms with Gasteiger partial charge in [0.05, 0.1) is 0 Å². The molecule has 0 N–H and O–H groups in total. The third-order valence-corrected chi connectivity index (χ3v) is 3.40. The van der Waals surface area contributed by atoms with Gasteiger partial charge in [-0.1, -0.05) is 64.5 Å². The summed E-state index contributed by atoms with van der Waals surface area (Å²) in [5.41, 5.74) is 0. The van der Waals surface area contributed by atoms with Crippen LogP contribution in [0.25, 0.3) is 0 Å². The Labute approximate surface area is 101 Å². The van der Waals surface area contributed by atoms with E-state index < -0.39 is 0 Å². The Morgan fingerprint density at radius 2 is 1.47 bits per heavy atom. The van der Waals surface area contributed by atoms with Gasteiger partial charge in [0.15, 0.2) is 0 Å². The zero-order valence-electron chi connectivity index (χ0n) is 10.6. The van der Waals surface area contributed by atoms with Crippen molar-refractivity contribution in [3.05, 3.63) is 12.2 Å². The second-order valence-corrected chi connectivity index (χ2v) is 5.36. The van der Waals surface area contributed by atoms with E-state index in [1.54, 1.807) is 0 Å². The Bertz CT molecular complexity index is 129. The number of hydrogen-bond donors (Lipinski definition) is 0. The molecule has 0 aliphatic carbocycles. The van der Waals surface area contributed by atoms with Crippen LogP contribution < -0.4 is 0 Å². The summed E-state index contributed by atoms with van der Waals surface area (Å²) >= 11 is 2.00. The summed E-state index contributed by atoms with van der Waals surface area (Å²) in [6.45, 7) is 4.49. The first-order valence-corrected chi connectivity index (χ1v) is 7.80. The van der Waals surface area contributed by atoms with Gasteiger partial charge in [0, 0.05) is 5.75 Å². The van der Waals surface area contributed by atoms with Crippen LogP contribution in [0.5, 0.6) is 0 Å². The van der Waals surface area contributed by atoms with Gasteiger partial charge in [-0.05, 0) is 18.6 Å². The maximum atomic E-state index is 2.36. The SMILES string of the molecule is CCCCCCCCCC=CCSCC. The van der Waals surface area contributed by atoms with Crippen molar-refractivity contribution in [2.75, 3.05) is 11.5 Å². The molecule has 0 nitrogen and oxygen atoms in total. The first kappa shape index (κ1) is 15.1. The zero-order valence-corrected chi connectivity index (χ0v) is 11.5. The highest BCUT2D eigenvalue weighted by molar-refractivity contribution is 7.99. The molecule has 0 aliphatic heterocycles. The molecule has 0 amide bonds. The lowest BCUT2D eigenvalue weighted by Gasteiger charge is -1.98. The van der Waals surface area contributed by atoms with Gasteiger partial charge in [-0.15, -0.1) is 0 Å². The third-order valence-electron chi connectivity index (χ3n) is 2.56. The first-order valence-electron chi connectivity index (χ1n) is 6.64. The first-order chi connectivity index (χ1) is 7.41. The summed E-state index contributed by atoms with van der Waals surface area (Å²) in [5.74, 6) is 2.44. The van der Waals surface area contributed by atoms with Gasteiger partial charge < -0.3 is 0 Å². The van der Waals surface area contributed by atoms with Gasteiger partial charge >= 0.3 is 0 Å². The second-order valence-electron chi connectivity index (χ2n) is 4.04. The Morgan fingerprint density at radius 1 is 0.800 bits per heavy atom. The van der Waals surface area contributed by atoms with Crippen molar-refractivity contribution in [2.45, 2.75) is 65.2 Å². The van der Waals surface area contributed by atoms with Crippen LogP contribution in [0, 0.1) is 0 Å². The Hall–Kier alpha value is 0.0900. The van der Waals surface area contributed by atoms with Gasteiger partial charge in [-0.2, -0.15) is 11.8 Å². The van der Waals surface area contributed by atoms with E-state index in [9.17, 15) is 0 Å². The third kappa shape index (κ3) is 14.1. The summed E-state index contributed by atoms with van der Waals surface area (Å²) < 4.78 is 0. The van der Waals surface area contributed by atoms with E-state index in [1.165, 1.54) is 62.9 Å². The quantitative estimate of drug-likeness (QED) is 0.335. The van der Waals surface area contributed by atoms with Crippen molar-refractivity contribution in [3.63, 3.8) is 0 Å². The predicted molar refractivity (Wildman–Crippen MR) is 74.7 cm³/mol. The summed E-state index contributed by atoms with van der Waals surface area (Å²) in [6.07, 6.45) is 15.9. The van der Waals surface area contributed by atoms with Crippen LogP contribution in [0.1, 0.15) is 65.2 Å². The van der Waals surface area contributed by atoms with E-state index in [-0.39, 0.29) is 0 Å². The van der Waals surface area contributed by atoms with Gasteiger partial charge in [-0.3, -0.25) is 0 Å². The fourth-order valence-corrected chi connectivity index (χ4v) is 2.10. The molecule has 0 heterocycles. The van der Waals surface area contributed by atoms with E-state index in [1.807, 2.05) is 11.8 Å². The van der Waals surface area contributed by atoms with Gasteiger partial charge in [0.25, 0.3) is 0 Å². The molecule has 0 aromatic rings. The summed E-state index contributed by atoms with van der Waals surface area (Å²) in [5, 5.41) is 0. The number of hydrogen-bond acceptors (Lipinski definition) is 1. The van der Waals surface area contributed by atoms with Crippen LogP contribution in [0.2, 0.25) is 0 Å². The smallest absolute Gasteiger partial charge is 0.0113 e. The minimum Gasteiger partial charge on any atom is -0.158 e. The molecule has 0 saturated heterocycles. The van der Waals surface area contributed by atoms with Crippen molar-refractivity contribution in [3.8, 4) is 0 Å². The second kappa shape index (κ2) is 14.1. The van der Waals surface area contributed by atoms with Crippen LogP contribution in [0.15, 0.2) is 12.2 Å². The summed E-state index contributed by atoms with van der Waals surface area (Å²) in [7, 11) is 0. The van der Waals surface area contributed by atoms with Crippen LogP contribution in [-0.4, -0.2) is 11.5 Å². The van der Waals surface area contributed by atoms with Crippen molar-refractivity contribution >= 4 is 11.8 Å². The van der Waals surface area contributed by atoms with Crippen LogP contribution in [-0.2, 0) is 0 Å². The minimum absolute atomic E-state index is 1.20. The van der Waals surface area contributed by atoms with E-state index in [2.05, 4.69) is 26.0 Å². The highest BCUT2D eigenvalue weighted by atomic mass is 32.2. The molecule has 90 valence electrons. The van der Waals surface area contributed by atoms with E-state index in [4.69, 9.17) is 0 Å². The summed E-state index contributed by atoms with van der Waals surface area (Å²) in [6, 6.07) is 0. The summed E-state index contributed by atoms with van der Waals surface area (Å²) in [4.78, 5) is 0. The number of allylic oxidation sites excluding steroid dienone is 1. The fraction of sp³-hybridized carbons (Fsp3) is 0.857. The van der Waals surface area contributed by atoms with Gasteiger partial charge in [-0.25, -0.2) is 0 Å². The van der Waals surface area contributed by atoms with E-state index in [0.717, 1.165) is 0 Å². The van der Waals surface area contributed by atoms with Gasteiger partial charge in [0.2, 0.25) is 0 Å². The predicted octanol–water partition coefficient (Wildman–Crippen LogP) is 5.44. The molecule has 15 heavy (non-hydrogen) atoms. The molecular formula is C14H28S. The molecule has 1 heteroatoms. The highest BCUT2D eigenvalue weighted by Gasteiger charge is 1.89. The molecule has 0 rings (SSSR count). The van der Waals surface area contributed by atoms with Crippen LogP contribution in [0.4, 0.5) is 0 Å². The fourth-order valence-electron chi connectivity index (χ4n) is 1.59. The normalized spacial score (nSPS) is 11.3. The molecule has 0 unspecified atom stereocenters. The maximum absolute atomic E-state index is 2.36. The Kier molecular flexibility index (Phi) is 14.2. The average Bonchev–Trinajstić information content (AvgIpc) is 2.26. The average molecular weight is 228 g/mol. The molecule has 0 radical (unpaired) electrons. The molecular weight excluding hydrogens is 200 g/mol. The molecule has 0 spiro atoms. The molecule has 0 bridgehead atoms. The monoisotopic (exact) mass is 228 g/mol.